The number of hydrogen-bond acceptors (Lipinski definition) is 7. The van der Waals surface area contributed by atoms with E-state index in [2.05, 4.69) is 30.7 Å². The summed E-state index contributed by atoms with van der Waals surface area (Å²) in [6, 6.07) is 9.74. The summed E-state index contributed by atoms with van der Waals surface area (Å²) in [5.41, 5.74) is 2.70. The highest BCUT2D eigenvalue weighted by Gasteiger charge is 2.41. The lowest BCUT2D eigenvalue weighted by Gasteiger charge is -2.26. The second kappa shape index (κ2) is 12.1. The van der Waals surface area contributed by atoms with E-state index in [9.17, 15) is 22.4 Å². The predicted octanol–water partition coefficient (Wildman–Crippen LogP) is 5.09. The van der Waals surface area contributed by atoms with Crippen LogP contribution in [-0.2, 0) is 17.6 Å². The van der Waals surface area contributed by atoms with Crippen molar-refractivity contribution in [2.45, 2.75) is 25.1 Å². The van der Waals surface area contributed by atoms with Crippen LogP contribution in [0.15, 0.2) is 42.6 Å². The van der Waals surface area contributed by atoms with Gasteiger partial charge in [-0.3, -0.25) is 9.69 Å². The molecule has 4 rings (SSSR count). The van der Waals surface area contributed by atoms with Gasteiger partial charge in [0.2, 0.25) is 5.95 Å². The summed E-state index contributed by atoms with van der Waals surface area (Å²) >= 11 is 6.25. The minimum absolute atomic E-state index is 0.0773. The van der Waals surface area contributed by atoms with Crippen molar-refractivity contribution in [3.8, 4) is 0 Å². The van der Waals surface area contributed by atoms with Crippen LogP contribution in [0.5, 0.6) is 0 Å². The van der Waals surface area contributed by atoms with Crippen LogP contribution in [0.3, 0.4) is 0 Å². The molecule has 1 aliphatic rings. The molecule has 39 heavy (non-hydrogen) atoms. The molecule has 3 aromatic rings. The van der Waals surface area contributed by atoms with Crippen LogP contribution in [0.4, 0.5) is 40.7 Å². The van der Waals surface area contributed by atoms with Gasteiger partial charge in [-0.05, 0) is 48.2 Å². The normalized spacial score (nSPS) is 14.7. The molecule has 13 heteroatoms. The lowest BCUT2D eigenvalue weighted by atomic mass is 10.0. The van der Waals surface area contributed by atoms with E-state index in [0.29, 0.717) is 31.6 Å². The van der Waals surface area contributed by atoms with Gasteiger partial charge in [0.15, 0.2) is 11.9 Å². The topological polar surface area (TPSA) is 91.4 Å². The van der Waals surface area contributed by atoms with Gasteiger partial charge in [0, 0.05) is 39.5 Å². The number of aromatic nitrogens is 2. The molecule has 1 aromatic heterocycles. The molecular formula is C26H27ClF4N6O2. The summed E-state index contributed by atoms with van der Waals surface area (Å²) in [6.07, 6.45) is -3.76. The van der Waals surface area contributed by atoms with Gasteiger partial charge in [-0.25, -0.2) is 9.37 Å². The molecule has 1 aliphatic heterocycles. The Hall–Kier alpha value is -3.48. The summed E-state index contributed by atoms with van der Waals surface area (Å²) in [7, 11) is 2.51. The number of fused-ring (bicyclic) bond motifs is 1. The number of rotatable bonds is 8. The Morgan fingerprint density at radius 1 is 1.15 bits per heavy atom. The SMILES string of the molecule is CNC(=O)c1cccc(F)c1Nc1nc(Nc2ccc3c(c2)CCN(C[C@@H](OC)C(F)(F)F)CC3)ncc1Cl. The number of nitrogens with one attached hydrogen (secondary N) is 3. The molecule has 8 nitrogen and oxygen atoms in total. The molecular weight excluding hydrogens is 540 g/mol. The highest BCUT2D eigenvalue weighted by molar-refractivity contribution is 6.33. The molecule has 0 radical (unpaired) electrons. The van der Waals surface area contributed by atoms with E-state index in [1.807, 2.05) is 18.2 Å². The molecule has 2 aromatic carbocycles. The van der Waals surface area contributed by atoms with E-state index in [-0.39, 0.29) is 34.6 Å². The quantitative estimate of drug-likeness (QED) is 0.327. The van der Waals surface area contributed by atoms with E-state index < -0.39 is 24.0 Å². The maximum absolute atomic E-state index is 14.6. The third-order valence-electron chi connectivity index (χ3n) is 6.40. The molecule has 208 valence electrons. The van der Waals surface area contributed by atoms with Gasteiger partial charge in [0.05, 0.1) is 17.4 Å². The Kier molecular flexibility index (Phi) is 8.88. The molecule has 0 unspecified atom stereocenters. The Bertz CT molecular complexity index is 1340. The third kappa shape index (κ3) is 6.94. The number of carbonyl (C=O) groups excluding carboxylic acids is 1. The minimum atomic E-state index is -4.42. The molecule has 1 atom stereocenters. The largest absolute Gasteiger partial charge is 0.415 e. The van der Waals surface area contributed by atoms with Crippen LogP contribution < -0.4 is 16.0 Å². The average Bonchev–Trinajstić information content (AvgIpc) is 3.11. The van der Waals surface area contributed by atoms with E-state index in [4.69, 9.17) is 11.6 Å². The molecule has 0 bridgehead atoms. The van der Waals surface area contributed by atoms with Gasteiger partial charge in [-0.2, -0.15) is 18.2 Å². The monoisotopic (exact) mass is 566 g/mol. The molecule has 0 aliphatic carbocycles. The second-order valence-corrected chi connectivity index (χ2v) is 9.34. The summed E-state index contributed by atoms with van der Waals surface area (Å²) in [6.45, 7) is 0.713. The average molecular weight is 567 g/mol. The van der Waals surface area contributed by atoms with E-state index in [1.54, 1.807) is 4.90 Å². The van der Waals surface area contributed by atoms with Crippen molar-refractivity contribution in [3.63, 3.8) is 0 Å². The Balaban J connectivity index is 1.49. The van der Waals surface area contributed by atoms with Crippen molar-refractivity contribution >= 4 is 40.6 Å². The molecule has 0 saturated heterocycles. The Morgan fingerprint density at radius 3 is 2.59 bits per heavy atom. The first-order chi connectivity index (χ1) is 18.6. The lowest BCUT2D eigenvalue weighted by molar-refractivity contribution is -0.216. The van der Waals surface area contributed by atoms with Crippen LogP contribution in [0.2, 0.25) is 5.02 Å². The van der Waals surface area contributed by atoms with Crippen molar-refractivity contribution in [2.24, 2.45) is 0 Å². The number of benzene rings is 2. The van der Waals surface area contributed by atoms with Crippen molar-refractivity contribution in [2.75, 3.05) is 44.4 Å². The highest BCUT2D eigenvalue weighted by atomic mass is 35.5. The zero-order valence-electron chi connectivity index (χ0n) is 21.2. The summed E-state index contributed by atoms with van der Waals surface area (Å²) in [5, 5.41) is 8.45. The summed E-state index contributed by atoms with van der Waals surface area (Å²) in [4.78, 5) is 22.5. The van der Waals surface area contributed by atoms with Crippen molar-refractivity contribution in [1.82, 2.24) is 20.2 Å². The molecule has 2 heterocycles. The van der Waals surface area contributed by atoms with Crippen LogP contribution in [0.25, 0.3) is 0 Å². The Labute approximate surface area is 227 Å². The predicted molar refractivity (Wildman–Crippen MR) is 141 cm³/mol. The fraction of sp³-hybridized carbons (Fsp3) is 0.346. The standard InChI is InChI=1S/C26H27ClF4N6O2/c1-32-24(38)18-4-3-5-20(28)22(18)35-23-19(27)13-33-25(36-23)34-17-7-6-15-8-10-37(11-9-16(15)12-17)14-21(39-2)26(29,30)31/h3-7,12-13,21H,8-11,14H2,1-2H3,(H,32,38)(H2,33,34,35,36)/t21-/m1/s1. The van der Waals surface area contributed by atoms with Gasteiger partial charge in [-0.15, -0.1) is 0 Å². The second-order valence-electron chi connectivity index (χ2n) is 8.93. The number of para-hydroxylation sites is 1. The van der Waals surface area contributed by atoms with E-state index in [1.165, 1.54) is 31.4 Å². The minimum Gasteiger partial charge on any atom is -0.371 e. The smallest absolute Gasteiger partial charge is 0.371 e. The Morgan fingerprint density at radius 2 is 1.90 bits per heavy atom. The van der Waals surface area contributed by atoms with Crippen LogP contribution in [0, 0.1) is 5.82 Å². The fourth-order valence-electron chi connectivity index (χ4n) is 4.32. The maximum Gasteiger partial charge on any atom is 0.415 e. The first-order valence-electron chi connectivity index (χ1n) is 12.1. The zero-order chi connectivity index (χ0) is 28.2. The van der Waals surface area contributed by atoms with Gasteiger partial charge in [0.1, 0.15) is 10.8 Å². The summed E-state index contributed by atoms with van der Waals surface area (Å²) in [5.74, 6) is -0.886. The van der Waals surface area contributed by atoms with Gasteiger partial charge in [0.25, 0.3) is 5.91 Å². The first kappa shape index (κ1) is 28.5. The van der Waals surface area contributed by atoms with Gasteiger partial charge >= 0.3 is 6.18 Å². The number of anilines is 4. The third-order valence-corrected chi connectivity index (χ3v) is 6.68. The number of amides is 1. The fourth-order valence-corrected chi connectivity index (χ4v) is 4.45. The van der Waals surface area contributed by atoms with Crippen molar-refractivity contribution < 1.29 is 27.1 Å². The number of ether oxygens (including phenoxy) is 1. The maximum atomic E-state index is 14.6. The van der Waals surface area contributed by atoms with Gasteiger partial charge < -0.3 is 20.7 Å². The molecule has 3 N–H and O–H groups in total. The number of alkyl halides is 3. The van der Waals surface area contributed by atoms with E-state index in [0.717, 1.165) is 18.2 Å². The first-order valence-corrected chi connectivity index (χ1v) is 12.5. The molecule has 1 amide bonds. The molecule has 0 fully saturated rings. The zero-order valence-corrected chi connectivity index (χ0v) is 22.0. The van der Waals surface area contributed by atoms with Crippen LogP contribution in [0.1, 0.15) is 21.5 Å². The van der Waals surface area contributed by atoms with Crippen LogP contribution in [-0.4, -0.2) is 66.8 Å². The van der Waals surface area contributed by atoms with E-state index >= 15 is 0 Å². The number of halogens is 5. The van der Waals surface area contributed by atoms with Crippen molar-refractivity contribution in [1.29, 1.82) is 0 Å². The number of methoxy groups -OCH3 is 1. The number of nitrogens with zero attached hydrogens (tertiary/aromatic N) is 3. The summed E-state index contributed by atoms with van der Waals surface area (Å²) < 4.78 is 58.7. The van der Waals surface area contributed by atoms with Crippen molar-refractivity contribution in [3.05, 3.63) is 70.1 Å². The number of carbonyl (C=O) groups is 1. The van der Waals surface area contributed by atoms with Gasteiger partial charge in [-0.1, -0.05) is 23.7 Å². The molecule has 0 spiro atoms. The molecule has 0 saturated carbocycles. The number of hydrogen-bond donors (Lipinski definition) is 3. The highest BCUT2D eigenvalue weighted by Crippen LogP contribution is 2.30. The lowest BCUT2D eigenvalue weighted by Crippen LogP contribution is -2.43. The van der Waals surface area contributed by atoms with Crippen LogP contribution >= 0.6 is 11.6 Å².